The summed E-state index contributed by atoms with van der Waals surface area (Å²) in [5, 5.41) is 12.8. The summed E-state index contributed by atoms with van der Waals surface area (Å²) in [6.07, 6.45) is 1.43. The molecule has 0 aliphatic carbocycles. The highest BCUT2D eigenvalue weighted by molar-refractivity contribution is 7.47. The Morgan fingerprint density at radius 1 is 1.56 bits per heavy atom. The van der Waals surface area contributed by atoms with Gasteiger partial charge in [-0.15, -0.1) is 0 Å². The zero-order valence-corrected chi connectivity index (χ0v) is 10.6. The molecule has 1 N–H and O–H groups in total. The standard InChI is InChI=1S/C11H11FN3O2P/c1-15-9(8-4-7(12)2-3-13-8)5-10(14-15)18-6-11(16)17/h2-5,18H,6H2,1H3,(H,16,17). The van der Waals surface area contributed by atoms with Crippen LogP contribution in [0.3, 0.4) is 0 Å². The first-order valence-electron chi connectivity index (χ1n) is 5.18. The quantitative estimate of drug-likeness (QED) is 0.839. The highest BCUT2D eigenvalue weighted by Crippen LogP contribution is 2.18. The number of rotatable bonds is 4. The van der Waals surface area contributed by atoms with Crippen molar-refractivity contribution in [1.29, 1.82) is 0 Å². The molecule has 0 aliphatic rings. The summed E-state index contributed by atoms with van der Waals surface area (Å²) in [5.74, 6) is -1.22. The molecular weight excluding hydrogens is 256 g/mol. The van der Waals surface area contributed by atoms with Crippen molar-refractivity contribution in [3.63, 3.8) is 0 Å². The second kappa shape index (κ2) is 5.23. The van der Waals surface area contributed by atoms with Crippen LogP contribution in [-0.4, -0.2) is 32.0 Å². The molecule has 2 heterocycles. The number of carboxylic acids is 1. The summed E-state index contributed by atoms with van der Waals surface area (Å²) in [6.45, 7) is 0. The predicted octanol–water partition coefficient (Wildman–Crippen LogP) is 1.01. The Morgan fingerprint density at radius 2 is 2.33 bits per heavy atom. The van der Waals surface area contributed by atoms with E-state index in [0.29, 0.717) is 16.8 Å². The molecule has 0 radical (unpaired) electrons. The Hall–Kier alpha value is -1.81. The van der Waals surface area contributed by atoms with E-state index in [4.69, 9.17) is 5.11 Å². The Kier molecular flexibility index (Phi) is 3.67. The van der Waals surface area contributed by atoms with E-state index in [1.165, 1.54) is 18.3 Å². The summed E-state index contributed by atoms with van der Waals surface area (Å²) < 4.78 is 14.7. The fourth-order valence-corrected chi connectivity index (χ4v) is 2.30. The monoisotopic (exact) mass is 267 g/mol. The third-order valence-corrected chi connectivity index (χ3v) is 3.37. The molecule has 94 valence electrons. The number of aliphatic carboxylic acids is 1. The molecule has 0 spiro atoms. The molecule has 2 aromatic heterocycles. The van der Waals surface area contributed by atoms with Crippen LogP contribution in [0.5, 0.6) is 0 Å². The topological polar surface area (TPSA) is 68.0 Å². The van der Waals surface area contributed by atoms with Gasteiger partial charge in [-0.1, -0.05) is 8.58 Å². The van der Waals surface area contributed by atoms with Crippen LogP contribution in [0.2, 0.25) is 0 Å². The molecule has 2 aromatic rings. The molecule has 1 atom stereocenters. The van der Waals surface area contributed by atoms with Crippen LogP contribution < -0.4 is 5.44 Å². The van der Waals surface area contributed by atoms with Gasteiger partial charge in [-0.2, -0.15) is 5.10 Å². The first kappa shape index (κ1) is 12.6. The smallest absolute Gasteiger partial charge is 0.307 e. The average Bonchev–Trinajstić information content (AvgIpc) is 2.68. The molecular formula is C11H11FN3O2P. The van der Waals surface area contributed by atoms with E-state index >= 15 is 0 Å². The Bertz CT molecular complexity index is 585. The first-order valence-corrected chi connectivity index (χ1v) is 6.38. The SMILES string of the molecule is Cn1nc(PCC(=O)O)cc1-c1cc(F)ccn1. The van der Waals surface area contributed by atoms with Gasteiger partial charge < -0.3 is 5.11 Å². The summed E-state index contributed by atoms with van der Waals surface area (Å²) >= 11 is 0. The van der Waals surface area contributed by atoms with Crippen LogP contribution in [0, 0.1) is 5.82 Å². The molecule has 0 aromatic carbocycles. The number of carboxylic acid groups (broad SMARTS) is 1. The molecule has 7 heteroatoms. The third kappa shape index (κ3) is 2.90. The minimum atomic E-state index is -0.857. The van der Waals surface area contributed by atoms with E-state index < -0.39 is 5.97 Å². The number of carbonyl (C=O) groups is 1. The summed E-state index contributed by atoms with van der Waals surface area (Å²) in [6, 6.07) is 4.33. The van der Waals surface area contributed by atoms with Gasteiger partial charge in [-0.25, -0.2) is 4.39 Å². The van der Waals surface area contributed by atoms with E-state index in [0.717, 1.165) is 0 Å². The maximum atomic E-state index is 13.1. The van der Waals surface area contributed by atoms with Gasteiger partial charge in [0.1, 0.15) is 5.82 Å². The highest BCUT2D eigenvalue weighted by Gasteiger charge is 2.10. The van der Waals surface area contributed by atoms with Gasteiger partial charge in [0, 0.05) is 19.3 Å². The van der Waals surface area contributed by atoms with Crippen LogP contribution in [0.4, 0.5) is 4.39 Å². The summed E-state index contributed by atoms with van der Waals surface area (Å²) in [7, 11) is 1.81. The number of nitrogens with zero attached hydrogens (tertiary/aromatic N) is 3. The molecule has 0 amide bonds. The average molecular weight is 267 g/mol. The fourth-order valence-electron chi connectivity index (χ4n) is 1.50. The minimum Gasteiger partial charge on any atom is -0.481 e. The van der Waals surface area contributed by atoms with Gasteiger partial charge in [0.05, 0.1) is 23.0 Å². The Morgan fingerprint density at radius 3 is 3.00 bits per heavy atom. The van der Waals surface area contributed by atoms with Gasteiger partial charge in [-0.3, -0.25) is 14.5 Å². The van der Waals surface area contributed by atoms with Crippen LogP contribution in [0.1, 0.15) is 0 Å². The summed E-state index contributed by atoms with van der Waals surface area (Å²) in [5.41, 5.74) is 1.83. The first-order chi connectivity index (χ1) is 8.56. The predicted molar refractivity (Wildman–Crippen MR) is 66.8 cm³/mol. The number of halogens is 1. The second-order valence-electron chi connectivity index (χ2n) is 3.65. The fraction of sp³-hybridized carbons (Fsp3) is 0.182. The lowest BCUT2D eigenvalue weighted by molar-refractivity contribution is -0.133. The lowest BCUT2D eigenvalue weighted by Gasteiger charge is -1.99. The molecule has 1 unspecified atom stereocenters. The van der Waals surface area contributed by atoms with Crippen LogP contribution in [-0.2, 0) is 11.8 Å². The van der Waals surface area contributed by atoms with E-state index in [-0.39, 0.29) is 20.6 Å². The van der Waals surface area contributed by atoms with Gasteiger partial charge in [0.15, 0.2) is 0 Å². The Balaban J connectivity index is 2.26. The molecule has 0 saturated heterocycles. The van der Waals surface area contributed by atoms with Crippen LogP contribution in [0.25, 0.3) is 11.4 Å². The van der Waals surface area contributed by atoms with Gasteiger partial charge in [-0.05, 0) is 12.1 Å². The number of aromatic nitrogens is 3. The molecule has 0 aliphatic heterocycles. The van der Waals surface area contributed by atoms with E-state index in [9.17, 15) is 9.18 Å². The largest absolute Gasteiger partial charge is 0.481 e. The molecule has 0 saturated carbocycles. The second-order valence-corrected chi connectivity index (χ2v) is 4.86. The van der Waals surface area contributed by atoms with Crippen molar-refractivity contribution in [2.24, 2.45) is 7.05 Å². The number of pyridine rings is 1. The van der Waals surface area contributed by atoms with Gasteiger partial charge >= 0.3 is 5.97 Å². The van der Waals surface area contributed by atoms with E-state index in [2.05, 4.69) is 10.1 Å². The van der Waals surface area contributed by atoms with Crippen molar-refractivity contribution >= 4 is 20.0 Å². The minimum absolute atomic E-state index is 0.0486. The molecule has 5 nitrogen and oxygen atoms in total. The number of hydrogen-bond acceptors (Lipinski definition) is 3. The summed E-state index contributed by atoms with van der Waals surface area (Å²) in [4.78, 5) is 14.6. The third-order valence-electron chi connectivity index (χ3n) is 2.28. The molecule has 18 heavy (non-hydrogen) atoms. The maximum absolute atomic E-state index is 13.1. The Labute approximate surface area is 104 Å². The lowest BCUT2D eigenvalue weighted by Crippen LogP contribution is -2.05. The normalized spacial score (nSPS) is 11.2. The van der Waals surface area contributed by atoms with Gasteiger partial charge in [0.25, 0.3) is 0 Å². The van der Waals surface area contributed by atoms with E-state index in [1.807, 2.05) is 0 Å². The zero-order chi connectivity index (χ0) is 13.1. The van der Waals surface area contributed by atoms with Gasteiger partial charge in [0.2, 0.25) is 0 Å². The lowest BCUT2D eigenvalue weighted by atomic mass is 10.2. The zero-order valence-electron chi connectivity index (χ0n) is 9.59. The van der Waals surface area contributed by atoms with Crippen LogP contribution >= 0.6 is 8.58 Å². The van der Waals surface area contributed by atoms with Crippen molar-refractivity contribution in [2.75, 3.05) is 6.16 Å². The molecule has 0 fully saturated rings. The highest BCUT2D eigenvalue weighted by atomic mass is 31.1. The number of hydrogen-bond donors (Lipinski definition) is 1. The van der Waals surface area contributed by atoms with Crippen molar-refractivity contribution in [3.05, 3.63) is 30.2 Å². The number of aryl methyl sites for hydroxylation is 1. The van der Waals surface area contributed by atoms with Crippen LogP contribution in [0.15, 0.2) is 24.4 Å². The van der Waals surface area contributed by atoms with Crippen molar-refractivity contribution in [1.82, 2.24) is 14.8 Å². The van der Waals surface area contributed by atoms with Crippen molar-refractivity contribution in [3.8, 4) is 11.4 Å². The van der Waals surface area contributed by atoms with Crippen molar-refractivity contribution in [2.45, 2.75) is 0 Å². The maximum Gasteiger partial charge on any atom is 0.307 e. The van der Waals surface area contributed by atoms with Crippen molar-refractivity contribution < 1.29 is 14.3 Å². The molecule has 2 rings (SSSR count). The van der Waals surface area contributed by atoms with E-state index in [1.54, 1.807) is 17.8 Å². The molecule has 0 bridgehead atoms.